The standard InChI is InChI=1S/C16H24N2O6/c1-5-23-14(21)12-11(19)6-7-18(13(12)20)10-8-17(9-10)15(22)24-16(2,3)4/h10,12H,5-9H2,1-4H3. The molecule has 0 aromatic heterocycles. The number of hydrogen-bond donors (Lipinski definition) is 0. The average molecular weight is 340 g/mol. The van der Waals surface area contributed by atoms with E-state index < -0.39 is 35.3 Å². The fourth-order valence-corrected chi connectivity index (χ4v) is 2.74. The quantitative estimate of drug-likeness (QED) is 0.551. The van der Waals surface area contributed by atoms with Crippen molar-refractivity contribution >= 4 is 23.8 Å². The number of carbonyl (C=O) groups is 4. The summed E-state index contributed by atoms with van der Waals surface area (Å²) in [7, 11) is 0. The first-order chi connectivity index (χ1) is 11.1. The molecule has 8 heteroatoms. The minimum atomic E-state index is -1.37. The molecule has 2 amide bonds. The van der Waals surface area contributed by atoms with E-state index in [-0.39, 0.29) is 25.6 Å². The number of Topliss-reactive ketones (excluding diaryl/α,β-unsaturated/α-hetero) is 1. The van der Waals surface area contributed by atoms with Crippen LogP contribution in [0.4, 0.5) is 4.79 Å². The van der Waals surface area contributed by atoms with E-state index in [2.05, 4.69) is 0 Å². The van der Waals surface area contributed by atoms with Gasteiger partial charge in [-0.3, -0.25) is 14.4 Å². The van der Waals surface area contributed by atoms with Gasteiger partial charge in [0.15, 0.2) is 11.7 Å². The molecule has 8 nitrogen and oxygen atoms in total. The van der Waals surface area contributed by atoms with Gasteiger partial charge in [0.05, 0.1) is 12.6 Å². The van der Waals surface area contributed by atoms with E-state index in [1.54, 1.807) is 27.7 Å². The maximum absolute atomic E-state index is 12.5. The first-order valence-electron chi connectivity index (χ1n) is 8.11. The molecule has 0 radical (unpaired) electrons. The molecule has 2 rings (SSSR count). The van der Waals surface area contributed by atoms with Crippen LogP contribution in [0.15, 0.2) is 0 Å². The largest absolute Gasteiger partial charge is 0.465 e. The number of hydrogen-bond acceptors (Lipinski definition) is 6. The molecule has 0 aliphatic carbocycles. The second-order valence-electron chi connectivity index (χ2n) is 6.97. The van der Waals surface area contributed by atoms with Crippen molar-refractivity contribution in [1.29, 1.82) is 0 Å². The first-order valence-corrected chi connectivity index (χ1v) is 8.11. The molecule has 2 aliphatic heterocycles. The summed E-state index contributed by atoms with van der Waals surface area (Å²) in [4.78, 5) is 51.1. The van der Waals surface area contributed by atoms with Crippen molar-refractivity contribution in [3.8, 4) is 0 Å². The summed E-state index contributed by atoms with van der Waals surface area (Å²) in [5, 5.41) is 0. The average Bonchev–Trinajstić information content (AvgIpc) is 2.38. The summed E-state index contributed by atoms with van der Waals surface area (Å²) < 4.78 is 10.1. The van der Waals surface area contributed by atoms with Crippen LogP contribution in [0.3, 0.4) is 0 Å². The number of esters is 1. The number of carbonyl (C=O) groups excluding carboxylic acids is 4. The zero-order valence-corrected chi connectivity index (χ0v) is 14.5. The number of piperidine rings is 1. The van der Waals surface area contributed by atoms with E-state index >= 15 is 0 Å². The summed E-state index contributed by atoms with van der Waals surface area (Å²) in [5.41, 5.74) is -0.579. The number of rotatable bonds is 3. The van der Waals surface area contributed by atoms with Crippen LogP contribution in [0.25, 0.3) is 0 Å². The van der Waals surface area contributed by atoms with Gasteiger partial charge in [-0.1, -0.05) is 0 Å². The number of ether oxygens (including phenoxy) is 2. The molecule has 0 aromatic carbocycles. The van der Waals surface area contributed by atoms with Crippen LogP contribution in [-0.2, 0) is 23.9 Å². The van der Waals surface area contributed by atoms with Gasteiger partial charge in [-0.25, -0.2) is 4.79 Å². The highest BCUT2D eigenvalue weighted by atomic mass is 16.6. The molecule has 0 spiro atoms. The highest BCUT2D eigenvalue weighted by Gasteiger charge is 2.47. The topological polar surface area (TPSA) is 93.2 Å². The molecule has 2 fully saturated rings. The molecule has 2 saturated heterocycles. The Morgan fingerprint density at radius 2 is 1.83 bits per heavy atom. The molecule has 1 atom stereocenters. The number of amides is 2. The lowest BCUT2D eigenvalue weighted by molar-refractivity contribution is -0.164. The predicted octanol–water partition coefficient (Wildman–Crippen LogP) is 0.586. The Hall–Kier alpha value is -2.12. The lowest BCUT2D eigenvalue weighted by atomic mass is 9.92. The molecule has 0 N–H and O–H groups in total. The lowest BCUT2D eigenvalue weighted by Crippen LogP contribution is -2.65. The number of nitrogens with zero attached hydrogens (tertiary/aromatic N) is 2. The lowest BCUT2D eigenvalue weighted by Gasteiger charge is -2.47. The molecule has 24 heavy (non-hydrogen) atoms. The Labute approximate surface area is 141 Å². The second-order valence-corrected chi connectivity index (χ2v) is 6.97. The van der Waals surface area contributed by atoms with Gasteiger partial charge in [0, 0.05) is 26.1 Å². The van der Waals surface area contributed by atoms with Crippen molar-refractivity contribution in [2.45, 2.75) is 45.8 Å². The highest BCUT2D eigenvalue weighted by molar-refractivity contribution is 6.18. The van der Waals surface area contributed by atoms with Crippen molar-refractivity contribution in [2.75, 3.05) is 26.2 Å². The van der Waals surface area contributed by atoms with Crippen molar-refractivity contribution in [2.24, 2.45) is 5.92 Å². The van der Waals surface area contributed by atoms with Gasteiger partial charge in [-0.15, -0.1) is 0 Å². The van der Waals surface area contributed by atoms with E-state index in [1.807, 2.05) is 0 Å². The van der Waals surface area contributed by atoms with E-state index in [1.165, 1.54) is 9.80 Å². The Bertz CT molecular complexity index is 547. The van der Waals surface area contributed by atoms with Crippen molar-refractivity contribution in [1.82, 2.24) is 9.80 Å². The van der Waals surface area contributed by atoms with Crippen LogP contribution in [0.1, 0.15) is 34.1 Å². The molecule has 2 aliphatic rings. The number of likely N-dealkylation sites (tertiary alicyclic amines) is 2. The summed E-state index contributed by atoms with van der Waals surface area (Å²) in [5.74, 6) is -3.09. The maximum atomic E-state index is 12.5. The molecular weight excluding hydrogens is 316 g/mol. The van der Waals surface area contributed by atoms with E-state index in [0.29, 0.717) is 13.1 Å². The Kier molecular flexibility index (Phi) is 5.15. The molecular formula is C16H24N2O6. The smallest absolute Gasteiger partial charge is 0.410 e. The van der Waals surface area contributed by atoms with E-state index in [0.717, 1.165) is 0 Å². The van der Waals surface area contributed by atoms with Gasteiger partial charge in [0.2, 0.25) is 5.91 Å². The van der Waals surface area contributed by atoms with E-state index in [9.17, 15) is 19.2 Å². The monoisotopic (exact) mass is 340 g/mol. The third-order valence-electron chi connectivity index (χ3n) is 3.93. The minimum Gasteiger partial charge on any atom is -0.465 e. The van der Waals surface area contributed by atoms with Crippen molar-refractivity contribution in [3.63, 3.8) is 0 Å². The zero-order valence-electron chi connectivity index (χ0n) is 14.5. The molecule has 0 aromatic rings. The maximum Gasteiger partial charge on any atom is 0.410 e. The van der Waals surface area contributed by atoms with Crippen molar-refractivity contribution < 1.29 is 28.7 Å². The normalized spacial score (nSPS) is 22.2. The summed E-state index contributed by atoms with van der Waals surface area (Å²) >= 11 is 0. The van der Waals surface area contributed by atoms with Gasteiger partial charge < -0.3 is 19.3 Å². The van der Waals surface area contributed by atoms with Crippen LogP contribution >= 0.6 is 0 Å². The summed E-state index contributed by atoms with van der Waals surface area (Å²) in [6.07, 6.45) is -0.306. The van der Waals surface area contributed by atoms with Gasteiger partial charge in [-0.2, -0.15) is 0 Å². The molecule has 134 valence electrons. The Morgan fingerprint density at radius 1 is 1.21 bits per heavy atom. The second kappa shape index (κ2) is 6.78. The van der Waals surface area contributed by atoms with E-state index in [4.69, 9.17) is 9.47 Å². The minimum absolute atomic E-state index is 0.117. The van der Waals surface area contributed by atoms with Crippen LogP contribution in [-0.4, -0.2) is 71.4 Å². The van der Waals surface area contributed by atoms with Gasteiger partial charge in [0.1, 0.15) is 5.60 Å². The van der Waals surface area contributed by atoms with Gasteiger partial charge in [0.25, 0.3) is 0 Å². The van der Waals surface area contributed by atoms with Crippen LogP contribution in [0.5, 0.6) is 0 Å². The molecule has 0 saturated carbocycles. The first kappa shape index (κ1) is 18.2. The summed E-state index contributed by atoms with van der Waals surface area (Å²) in [6, 6.07) is -0.199. The number of ketones is 1. The third kappa shape index (κ3) is 3.85. The fourth-order valence-electron chi connectivity index (χ4n) is 2.74. The third-order valence-corrected chi connectivity index (χ3v) is 3.93. The van der Waals surface area contributed by atoms with Crippen LogP contribution in [0, 0.1) is 5.92 Å². The van der Waals surface area contributed by atoms with Gasteiger partial charge >= 0.3 is 12.1 Å². The zero-order chi connectivity index (χ0) is 18.1. The molecule has 2 heterocycles. The SMILES string of the molecule is CCOC(=O)C1C(=O)CCN(C2CN(C(=O)OC(C)(C)C)C2)C1=O. The fraction of sp³-hybridized carbons (Fsp3) is 0.750. The predicted molar refractivity (Wildman–Crippen MR) is 83.1 cm³/mol. The van der Waals surface area contributed by atoms with Crippen molar-refractivity contribution in [3.05, 3.63) is 0 Å². The Morgan fingerprint density at radius 3 is 2.38 bits per heavy atom. The van der Waals surface area contributed by atoms with Gasteiger partial charge in [-0.05, 0) is 27.7 Å². The summed E-state index contributed by atoms with van der Waals surface area (Å²) in [6.45, 7) is 8.03. The Balaban J connectivity index is 1.94. The highest BCUT2D eigenvalue weighted by Crippen LogP contribution is 2.25. The van der Waals surface area contributed by atoms with Crippen LogP contribution in [0.2, 0.25) is 0 Å². The van der Waals surface area contributed by atoms with Crippen LogP contribution < -0.4 is 0 Å². The molecule has 1 unspecified atom stereocenters. The molecule has 0 bridgehead atoms.